The molecule has 2 amide bonds. The predicted octanol–water partition coefficient (Wildman–Crippen LogP) is -0.177. The minimum Gasteiger partial charge on any atom is -0.368 e. The van der Waals surface area contributed by atoms with Gasteiger partial charge in [0.15, 0.2) is 0 Å². The van der Waals surface area contributed by atoms with Crippen molar-refractivity contribution >= 4 is 23.2 Å². The van der Waals surface area contributed by atoms with Crippen molar-refractivity contribution in [1.29, 1.82) is 0 Å². The molecular weight excluding hydrogens is 252 g/mol. The second-order valence-electron chi connectivity index (χ2n) is 4.25. The quantitative estimate of drug-likeness (QED) is 0.793. The molecule has 1 saturated heterocycles. The molecule has 2 heterocycles. The summed E-state index contributed by atoms with van der Waals surface area (Å²) in [5.74, 6) is -0.695. The number of thiazole rings is 1. The summed E-state index contributed by atoms with van der Waals surface area (Å²) in [7, 11) is 0. The largest absolute Gasteiger partial charge is 0.368 e. The van der Waals surface area contributed by atoms with Crippen molar-refractivity contribution < 1.29 is 9.59 Å². The zero-order chi connectivity index (χ0) is 13.0. The van der Waals surface area contributed by atoms with E-state index in [0.717, 1.165) is 25.9 Å². The predicted molar refractivity (Wildman–Crippen MR) is 68.2 cm³/mol. The van der Waals surface area contributed by atoms with Gasteiger partial charge in [-0.2, -0.15) is 0 Å². The monoisotopic (exact) mass is 268 g/mol. The summed E-state index contributed by atoms with van der Waals surface area (Å²) in [5, 5.41) is 4.92. The maximum Gasteiger partial charge on any atom is 0.274 e. The number of carbonyl (C=O) groups is 2. The van der Waals surface area contributed by atoms with Crippen LogP contribution in [0.5, 0.6) is 0 Å². The molecule has 7 heteroatoms. The van der Waals surface area contributed by atoms with Crippen LogP contribution in [-0.2, 0) is 4.79 Å². The summed E-state index contributed by atoms with van der Waals surface area (Å²) in [5.41, 5.74) is 7.22. The molecule has 18 heavy (non-hydrogen) atoms. The Morgan fingerprint density at radius 2 is 2.22 bits per heavy atom. The first-order valence-corrected chi connectivity index (χ1v) is 6.81. The fourth-order valence-corrected chi connectivity index (χ4v) is 2.64. The van der Waals surface area contributed by atoms with Crippen LogP contribution in [0.15, 0.2) is 10.9 Å². The first-order valence-electron chi connectivity index (χ1n) is 5.86. The lowest BCUT2D eigenvalue weighted by Gasteiger charge is -2.33. The second kappa shape index (κ2) is 5.92. The number of amides is 2. The molecule has 0 saturated carbocycles. The molecular formula is C11H16N4O2S. The summed E-state index contributed by atoms with van der Waals surface area (Å²) in [6, 6.07) is 0.0629. The van der Waals surface area contributed by atoms with Gasteiger partial charge in [0.25, 0.3) is 5.91 Å². The number of hydrogen-bond acceptors (Lipinski definition) is 5. The smallest absolute Gasteiger partial charge is 0.274 e. The highest BCUT2D eigenvalue weighted by Crippen LogP contribution is 2.15. The van der Waals surface area contributed by atoms with Gasteiger partial charge in [0, 0.05) is 11.4 Å². The molecule has 0 bridgehead atoms. The molecule has 1 aliphatic rings. The molecule has 6 nitrogen and oxygen atoms in total. The second-order valence-corrected chi connectivity index (χ2v) is 4.97. The maximum absolute atomic E-state index is 12.3. The van der Waals surface area contributed by atoms with Gasteiger partial charge in [-0.1, -0.05) is 0 Å². The van der Waals surface area contributed by atoms with E-state index in [1.54, 1.807) is 15.8 Å². The average molecular weight is 268 g/mol. The normalized spacial score (nSPS) is 16.4. The Morgan fingerprint density at radius 3 is 2.78 bits per heavy atom. The molecule has 0 atom stereocenters. The van der Waals surface area contributed by atoms with Crippen LogP contribution >= 0.6 is 11.3 Å². The van der Waals surface area contributed by atoms with Crippen molar-refractivity contribution in [3.63, 3.8) is 0 Å². The van der Waals surface area contributed by atoms with E-state index in [9.17, 15) is 9.59 Å². The van der Waals surface area contributed by atoms with Crippen molar-refractivity contribution in [2.24, 2.45) is 5.73 Å². The van der Waals surface area contributed by atoms with Crippen molar-refractivity contribution in [3.05, 3.63) is 16.6 Å². The number of rotatable bonds is 4. The number of hydrogen-bond donors (Lipinski definition) is 2. The number of nitrogens with zero attached hydrogens (tertiary/aromatic N) is 2. The van der Waals surface area contributed by atoms with Gasteiger partial charge < -0.3 is 16.0 Å². The Hall–Kier alpha value is -1.47. The average Bonchev–Trinajstić information content (AvgIpc) is 2.90. The Morgan fingerprint density at radius 1 is 1.50 bits per heavy atom. The summed E-state index contributed by atoms with van der Waals surface area (Å²) in [6.45, 7) is 1.66. The standard InChI is InChI=1S/C11H16N4O2S/c12-10(16)5-15(8-1-3-13-4-2-8)11(17)9-6-18-7-14-9/h6-8,13H,1-5H2,(H2,12,16). The lowest BCUT2D eigenvalue weighted by Crippen LogP contribution is -2.49. The highest BCUT2D eigenvalue weighted by Gasteiger charge is 2.28. The number of primary amides is 1. The molecule has 2 rings (SSSR count). The van der Waals surface area contributed by atoms with Gasteiger partial charge >= 0.3 is 0 Å². The number of nitrogens with one attached hydrogen (secondary N) is 1. The third-order valence-electron chi connectivity index (χ3n) is 2.99. The topological polar surface area (TPSA) is 88.3 Å². The van der Waals surface area contributed by atoms with Crippen molar-refractivity contribution in [1.82, 2.24) is 15.2 Å². The van der Waals surface area contributed by atoms with Crippen LogP contribution in [0.25, 0.3) is 0 Å². The van der Waals surface area contributed by atoms with E-state index in [0.29, 0.717) is 5.69 Å². The van der Waals surface area contributed by atoms with E-state index in [1.165, 1.54) is 11.3 Å². The van der Waals surface area contributed by atoms with E-state index in [1.807, 2.05) is 0 Å². The van der Waals surface area contributed by atoms with Gasteiger partial charge in [0.1, 0.15) is 5.69 Å². The number of nitrogens with two attached hydrogens (primary N) is 1. The van der Waals surface area contributed by atoms with Crippen molar-refractivity contribution in [2.45, 2.75) is 18.9 Å². The Labute approximate surface area is 109 Å². The molecule has 1 aromatic heterocycles. The van der Waals surface area contributed by atoms with Crippen LogP contribution in [0, 0.1) is 0 Å². The van der Waals surface area contributed by atoms with Crippen molar-refractivity contribution in [3.8, 4) is 0 Å². The summed E-state index contributed by atoms with van der Waals surface area (Å²) < 4.78 is 0. The summed E-state index contributed by atoms with van der Waals surface area (Å²) in [6.07, 6.45) is 1.67. The van der Waals surface area contributed by atoms with Crippen LogP contribution < -0.4 is 11.1 Å². The van der Waals surface area contributed by atoms with E-state index in [-0.39, 0.29) is 18.5 Å². The van der Waals surface area contributed by atoms with E-state index < -0.39 is 5.91 Å². The summed E-state index contributed by atoms with van der Waals surface area (Å²) in [4.78, 5) is 29.0. The van der Waals surface area contributed by atoms with Crippen LogP contribution in [0.3, 0.4) is 0 Å². The Balaban J connectivity index is 2.13. The number of aromatic nitrogens is 1. The Bertz CT molecular complexity index is 415. The molecule has 1 aliphatic heterocycles. The van der Waals surface area contributed by atoms with Gasteiger partial charge in [-0.15, -0.1) is 11.3 Å². The minimum atomic E-state index is -0.489. The first-order chi connectivity index (χ1) is 8.68. The summed E-state index contributed by atoms with van der Waals surface area (Å²) >= 11 is 1.36. The first kappa shape index (κ1) is 13.0. The molecule has 1 aromatic rings. The van der Waals surface area contributed by atoms with Crippen LogP contribution in [0.4, 0.5) is 0 Å². The van der Waals surface area contributed by atoms with Crippen LogP contribution in [0.2, 0.25) is 0 Å². The minimum absolute atomic E-state index is 0.0406. The number of piperidine rings is 1. The van der Waals surface area contributed by atoms with E-state index in [2.05, 4.69) is 10.3 Å². The molecule has 0 aromatic carbocycles. The fraction of sp³-hybridized carbons (Fsp3) is 0.545. The van der Waals surface area contributed by atoms with E-state index >= 15 is 0 Å². The maximum atomic E-state index is 12.3. The molecule has 0 unspecified atom stereocenters. The molecule has 1 fully saturated rings. The van der Waals surface area contributed by atoms with Gasteiger partial charge in [-0.05, 0) is 25.9 Å². The van der Waals surface area contributed by atoms with E-state index in [4.69, 9.17) is 5.73 Å². The lowest BCUT2D eigenvalue weighted by molar-refractivity contribution is -0.119. The highest BCUT2D eigenvalue weighted by atomic mass is 32.1. The SMILES string of the molecule is NC(=O)CN(C(=O)c1cscn1)C1CCNCC1. The molecule has 98 valence electrons. The van der Waals surface area contributed by atoms with Crippen molar-refractivity contribution in [2.75, 3.05) is 19.6 Å². The zero-order valence-electron chi connectivity index (χ0n) is 9.96. The highest BCUT2D eigenvalue weighted by molar-refractivity contribution is 7.07. The molecule has 0 aliphatic carbocycles. The molecule has 0 spiro atoms. The third-order valence-corrected chi connectivity index (χ3v) is 3.57. The fourth-order valence-electron chi connectivity index (χ4n) is 2.12. The molecule has 3 N–H and O–H groups in total. The number of carbonyl (C=O) groups excluding carboxylic acids is 2. The van der Waals surface area contributed by atoms with Gasteiger partial charge in [0.2, 0.25) is 5.91 Å². The van der Waals surface area contributed by atoms with Gasteiger partial charge in [-0.3, -0.25) is 9.59 Å². The zero-order valence-corrected chi connectivity index (χ0v) is 10.8. The van der Waals surface area contributed by atoms with Gasteiger partial charge in [-0.25, -0.2) is 4.98 Å². The Kier molecular flexibility index (Phi) is 4.27. The molecule has 0 radical (unpaired) electrons. The van der Waals surface area contributed by atoms with Crippen LogP contribution in [-0.4, -0.2) is 47.4 Å². The lowest BCUT2D eigenvalue weighted by atomic mass is 10.0. The third kappa shape index (κ3) is 3.05. The van der Waals surface area contributed by atoms with Gasteiger partial charge in [0.05, 0.1) is 12.1 Å². The van der Waals surface area contributed by atoms with Crippen LogP contribution in [0.1, 0.15) is 23.3 Å².